The van der Waals surface area contributed by atoms with Gasteiger partial charge in [-0.2, -0.15) is 0 Å². The Labute approximate surface area is 135 Å². The second-order valence-electron chi connectivity index (χ2n) is 4.96. The third-order valence-electron chi connectivity index (χ3n) is 3.25. The SMILES string of the molecule is O=C(NCCc1ccc(CO)cc1)NCc1cccc(Cl)c1. The van der Waals surface area contributed by atoms with E-state index in [1.165, 1.54) is 0 Å². The molecule has 2 amide bonds. The fourth-order valence-corrected chi connectivity index (χ4v) is 2.24. The molecular formula is C17H19ClN2O2. The fourth-order valence-electron chi connectivity index (χ4n) is 2.02. The van der Waals surface area contributed by atoms with Gasteiger partial charge in [-0.15, -0.1) is 0 Å². The third kappa shape index (κ3) is 5.39. The number of benzene rings is 2. The van der Waals surface area contributed by atoms with Crippen LogP contribution in [0.1, 0.15) is 16.7 Å². The first-order valence-corrected chi connectivity index (χ1v) is 7.50. The molecule has 0 radical (unpaired) electrons. The van der Waals surface area contributed by atoms with Crippen LogP contribution in [-0.2, 0) is 19.6 Å². The largest absolute Gasteiger partial charge is 0.392 e. The van der Waals surface area contributed by atoms with Gasteiger partial charge in [0, 0.05) is 18.1 Å². The zero-order valence-electron chi connectivity index (χ0n) is 12.2. The van der Waals surface area contributed by atoms with Crippen molar-refractivity contribution in [2.45, 2.75) is 19.6 Å². The molecule has 4 nitrogen and oxygen atoms in total. The van der Waals surface area contributed by atoms with Gasteiger partial charge in [0.25, 0.3) is 0 Å². The average molecular weight is 319 g/mol. The van der Waals surface area contributed by atoms with Crippen molar-refractivity contribution in [2.75, 3.05) is 6.54 Å². The van der Waals surface area contributed by atoms with E-state index in [2.05, 4.69) is 10.6 Å². The van der Waals surface area contributed by atoms with Crippen LogP contribution in [-0.4, -0.2) is 17.7 Å². The predicted molar refractivity (Wildman–Crippen MR) is 87.8 cm³/mol. The first-order valence-electron chi connectivity index (χ1n) is 7.12. The summed E-state index contributed by atoms with van der Waals surface area (Å²) in [7, 11) is 0. The molecule has 0 aliphatic carbocycles. The van der Waals surface area contributed by atoms with Crippen LogP contribution < -0.4 is 10.6 Å². The smallest absolute Gasteiger partial charge is 0.315 e. The highest BCUT2D eigenvalue weighted by Crippen LogP contribution is 2.10. The minimum absolute atomic E-state index is 0.0461. The zero-order valence-corrected chi connectivity index (χ0v) is 12.9. The number of halogens is 1. The summed E-state index contributed by atoms with van der Waals surface area (Å²) >= 11 is 5.89. The van der Waals surface area contributed by atoms with Gasteiger partial charge in [0.2, 0.25) is 0 Å². The molecule has 2 rings (SSSR count). The molecule has 0 spiro atoms. The van der Waals surface area contributed by atoms with E-state index in [-0.39, 0.29) is 12.6 Å². The topological polar surface area (TPSA) is 61.4 Å². The molecular weight excluding hydrogens is 300 g/mol. The normalized spacial score (nSPS) is 10.3. The van der Waals surface area contributed by atoms with Crippen molar-refractivity contribution in [2.24, 2.45) is 0 Å². The molecule has 2 aromatic rings. The predicted octanol–water partition coefficient (Wildman–Crippen LogP) is 2.87. The Morgan fingerprint density at radius 1 is 1.00 bits per heavy atom. The molecule has 116 valence electrons. The van der Waals surface area contributed by atoms with Crippen LogP contribution in [0.2, 0.25) is 5.02 Å². The first-order chi connectivity index (χ1) is 10.7. The highest BCUT2D eigenvalue weighted by atomic mass is 35.5. The Bertz CT molecular complexity index is 614. The van der Waals surface area contributed by atoms with E-state index in [4.69, 9.17) is 16.7 Å². The van der Waals surface area contributed by atoms with E-state index in [9.17, 15) is 4.79 Å². The summed E-state index contributed by atoms with van der Waals surface area (Å²) in [5.41, 5.74) is 2.96. The van der Waals surface area contributed by atoms with Crippen molar-refractivity contribution in [3.05, 3.63) is 70.2 Å². The highest BCUT2D eigenvalue weighted by Gasteiger charge is 2.01. The molecule has 5 heteroatoms. The lowest BCUT2D eigenvalue weighted by molar-refractivity contribution is 0.240. The molecule has 0 unspecified atom stereocenters. The van der Waals surface area contributed by atoms with Crippen LogP contribution in [0, 0.1) is 0 Å². The number of urea groups is 1. The molecule has 0 aromatic heterocycles. The molecule has 0 heterocycles. The van der Waals surface area contributed by atoms with E-state index in [0.717, 1.165) is 23.1 Å². The zero-order chi connectivity index (χ0) is 15.8. The van der Waals surface area contributed by atoms with Gasteiger partial charge in [0.1, 0.15) is 0 Å². The minimum Gasteiger partial charge on any atom is -0.392 e. The van der Waals surface area contributed by atoms with Gasteiger partial charge in [-0.25, -0.2) is 4.79 Å². The van der Waals surface area contributed by atoms with Gasteiger partial charge in [-0.1, -0.05) is 48.0 Å². The molecule has 0 aliphatic rings. The summed E-state index contributed by atoms with van der Waals surface area (Å²) in [5, 5.41) is 15.2. The van der Waals surface area contributed by atoms with E-state index in [1.807, 2.05) is 42.5 Å². The molecule has 0 fully saturated rings. The van der Waals surface area contributed by atoms with Gasteiger partial charge in [-0.3, -0.25) is 0 Å². The van der Waals surface area contributed by atoms with Crippen molar-refractivity contribution >= 4 is 17.6 Å². The number of aliphatic hydroxyl groups is 1. The standard InChI is InChI=1S/C17H19ClN2O2/c18-16-3-1-2-15(10-16)11-20-17(22)19-9-8-13-4-6-14(12-21)7-5-13/h1-7,10,21H,8-9,11-12H2,(H2,19,20,22). The molecule has 0 saturated carbocycles. The summed E-state index contributed by atoms with van der Waals surface area (Å²) < 4.78 is 0. The Hall–Kier alpha value is -2.04. The maximum Gasteiger partial charge on any atom is 0.315 e. The summed E-state index contributed by atoms with van der Waals surface area (Å²) in [6.45, 7) is 1.04. The van der Waals surface area contributed by atoms with E-state index in [0.29, 0.717) is 18.1 Å². The Morgan fingerprint density at radius 3 is 2.41 bits per heavy atom. The number of aliphatic hydroxyl groups excluding tert-OH is 1. The number of carbonyl (C=O) groups is 1. The van der Waals surface area contributed by atoms with Gasteiger partial charge >= 0.3 is 6.03 Å². The number of carbonyl (C=O) groups excluding carboxylic acids is 1. The maximum absolute atomic E-state index is 11.7. The van der Waals surface area contributed by atoms with Crippen LogP contribution >= 0.6 is 11.6 Å². The van der Waals surface area contributed by atoms with Crippen LogP contribution in [0.25, 0.3) is 0 Å². The van der Waals surface area contributed by atoms with Crippen LogP contribution in [0.15, 0.2) is 48.5 Å². The van der Waals surface area contributed by atoms with Gasteiger partial charge < -0.3 is 15.7 Å². The summed E-state index contributed by atoms with van der Waals surface area (Å²) in [5.74, 6) is 0. The fraction of sp³-hybridized carbons (Fsp3) is 0.235. The number of hydrogen-bond donors (Lipinski definition) is 3. The molecule has 22 heavy (non-hydrogen) atoms. The molecule has 2 aromatic carbocycles. The first kappa shape index (κ1) is 16.3. The Morgan fingerprint density at radius 2 is 1.73 bits per heavy atom. The number of hydrogen-bond acceptors (Lipinski definition) is 2. The van der Waals surface area contributed by atoms with Gasteiger partial charge in [0.05, 0.1) is 6.61 Å². The number of rotatable bonds is 6. The Kier molecular flexibility index (Phi) is 6.25. The summed E-state index contributed by atoms with van der Waals surface area (Å²) in [4.78, 5) is 11.7. The Balaban J connectivity index is 1.69. The number of amides is 2. The van der Waals surface area contributed by atoms with Crippen molar-refractivity contribution in [3.8, 4) is 0 Å². The van der Waals surface area contributed by atoms with Crippen LogP contribution in [0.5, 0.6) is 0 Å². The lowest BCUT2D eigenvalue weighted by Crippen LogP contribution is -2.36. The second-order valence-corrected chi connectivity index (χ2v) is 5.40. The van der Waals surface area contributed by atoms with E-state index >= 15 is 0 Å². The molecule has 0 atom stereocenters. The van der Waals surface area contributed by atoms with Crippen LogP contribution in [0.3, 0.4) is 0 Å². The van der Waals surface area contributed by atoms with E-state index in [1.54, 1.807) is 6.07 Å². The molecule has 0 saturated heterocycles. The minimum atomic E-state index is -0.202. The molecule has 0 aliphatic heterocycles. The lowest BCUT2D eigenvalue weighted by Gasteiger charge is -2.08. The number of nitrogens with one attached hydrogen (secondary N) is 2. The second kappa shape index (κ2) is 8.41. The third-order valence-corrected chi connectivity index (χ3v) is 3.48. The monoisotopic (exact) mass is 318 g/mol. The lowest BCUT2D eigenvalue weighted by atomic mass is 10.1. The van der Waals surface area contributed by atoms with Crippen molar-refractivity contribution < 1.29 is 9.90 Å². The summed E-state index contributed by atoms with van der Waals surface area (Å²) in [6.07, 6.45) is 0.746. The quantitative estimate of drug-likeness (QED) is 0.767. The van der Waals surface area contributed by atoms with Gasteiger partial charge in [-0.05, 0) is 35.2 Å². The van der Waals surface area contributed by atoms with Crippen molar-refractivity contribution in [1.82, 2.24) is 10.6 Å². The molecule has 0 bridgehead atoms. The van der Waals surface area contributed by atoms with Crippen molar-refractivity contribution in [1.29, 1.82) is 0 Å². The summed E-state index contributed by atoms with van der Waals surface area (Å²) in [6, 6.07) is 14.9. The van der Waals surface area contributed by atoms with Crippen molar-refractivity contribution in [3.63, 3.8) is 0 Å². The highest BCUT2D eigenvalue weighted by molar-refractivity contribution is 6.30. The maximum atomic E-state index is 11.7. The van der Waals surface area contributed by atoms with Gasteiger partial charge in [0.15, 0.2) is 0 Å². The molecule has 3 N–H and O–H groups in total. The van der Waals surface area contributed by atoms with E-state index < -0.39 is 0 Å². The van der Waals surface area contributed by atoms with Crippen LogP contribution in [0.4, 0.5) is 4.79 Å². The average Bonchev–Trinajstić information content (AvgIpc) is 2.54.